The first-order chi connectivity index (χ1) is 8.12. The van der Waals surface area contributed by atoms with E-state index in [4.69, 9.17) is 0 Å². The van der Waals surface area contributed by atoms with Gasteiger partial charge in [-0.25, -0.2) is 4.79 Å². The Hall–Kier alpha value is -0.690. The van der Waals surface area contributed by atoms with Crippen LogP contribution >= 0.6 is 24.4 Å². The number of rotatable bonds is 4. The van der Waals surface area contributed by atoms with Gasteiger partial charge in [0.15, 0.2) is 5.12 Å². The molecule has 1 unspecified atom stereocenters. The molecule has 0 radical (unpaired) electrons. The van der Waals surface area contributed by atoms with Gasteiger partial charge >= 0.3 is 5.97 Å². The number of likely N-dealkylation sites (tertiary alicyclic amines) is 1. The Labute approximate surface area is 116 Å². The number of carbonyl (C=O) groups is 3. The van der Waals surface area contributed by atoms with Crippen LogP contribution in [-0.4, -0.2) is 49.6 Å². The molecule has 18 heavy (non-hydrogen) atoms. The average Bonchev–Trinajstić information content (AvgIpc) is 2.42. The van der Waals surface area contributed by atoms with Gasteiger partial charge in [0.2, 0.25) is 5.91 Å². The highest BCUT2D eigenvalue weighted by Crippen LogP contribution is 2.31. The lowest BCUT2D eigenvalue weighted by Gasteiger charge is -2.33. The zero-order valence-corrected chi connectivity index (χ0v) is 12.3. The van der Waals surface area contributed by atoms with E-state index in [0.29, 0.717) is 0 Å². The first-order valence-corrected chi connectivity index (χ1v) is 6.87. The van der Waals surface area contributed by atoms with E-state index < -0.39 is 16.8 Å². The van der Waals surface area contributed by atoms with Crippen LogP contribution in [0.5, 0.6) is 0 Å². The van der Waals surface area contributed by atoms with Gasteiger partial charge in [-0.2, -0.15) is 12.6 Å². The van der Waals surface area contributed by atoms with Crippen LogP contribution in [0.3, 0.4) is 0 Å². The number of hydrogen-bond donors (Lipinski definition) is 2. The Bertz CT molecular complexity index is 378. The fourth-order valence-electron chi connectivity index (χ4n) is 2.08. The van der Waals surface area contributed by atoms with Gasteiger partial charge in [0.1, 0.15) is 6.04 Å². The Morgan fingerprint density at radius 1 is 1.56 bits per heavy atom. The van der Waals surface area contributed by atoms with Gasteiger partial charge in [0, 0.05) is 29.9 Å². The van der Waals surface area contributed by atoms with Crippen molar-refractivity contribution in [3.8, 4) is 0 Å². The maximum atomic E-state index is 11.9. The van der Waals surface area contributed by atoms with Crippen LogP contribution in [-0.2, 0) is 14.4 Å². The zero-order valence-electron chi connectivity index (χ0n) is 10.5. The minimum atomic E-state index is -1.07. The number of aliphatic carboxylic acids is 1. The molecule has 0 spiro atoms. The van der Waals surface area contributed by atoms with E-state index in [1.54, 1.807) is 13.8 Å². The van der Waals surface area contributed by atoms with Crippen LogP contribution in [0.2, 0.25) is 0 Å². The van der Waals surface area contributed by atoms with Crippen molar-refractivity contribution in [2.75, 3.05) is 6.54 Å². The van der Waals surface area contributed by atoms with Crippen molar-refractivity contribution < 1.29 is 19.5 Å². The first kappa shape index (κ1) is 15.4. The van der Waals surface area contributed by atoms with Crippen molar-refractivity contribution in [2.24, 2.45) is 0 Å². The first-order valence-electron chi connectivity index (χ1n) is 5.54. The topological polar surface area (TPSA) is 74.7 Å². The molecule has 1 amide bonds. The maximum absolute atomic E-state index is 11.9. The molecule has 102 valence electrons. The van der Waals surface area contributed by atoms with E-state index in [1.165, 1.54) is 11.8 Å². The van der Waals surface area contributed by atoms with Crippen molar-refractivity contribution in [2.45, 2.75) is 43.2 Å². The molecule has 2 atom stereocenters. The van der Waals surface area contributed by atoms with Crippen LogP contribution in [0.1, 0.15) is 27.2 Å². The molecule has 1 aliphatic rings. The lowest BCUT2D eigenvalue weighted by Crippen LogP contribution is -2.52. The zero-order chi connectivity index (χ0) is 14.1. The van der Waals surface area contributed by atoms with Crippen molar-refractivity contribution in [1.82, 2.24) is 4.90 Å². The number of carboxylic acids is 1. The number of carbonyl (C=O) groups excluding carboxylic acids is 2. The maximum Gasteiger partial charge on any atom is 0.327 e. The Morgan fingerprint density at radius 3 is 2.50 bits per heavy atom. The summed E-state index contributed by atoms with van der Waals surface area (Å²) in [7, 11) is 0. The minimum absolute atomic E-state index is 0.0633. The molecule has 1 heterocycles. The van der Waals surface area contributed by atoms with Crippen LogP contribution in [0.4, 0.5) is 0 Å². The monoisotopic (exact) mass is 291 g/mol. The highest BCUT2D eigenvalue weighted by molar-refractivity contribution is 8.14. The molecule has 1 saturated heterocycles. The lowest BCUT2D eigenvalue weighted by molar-refractivity contribution is -0.149. The molecule has 5 nitrogen and oxygen atoms in total. The minimum Gasteiger partial charge on any atom is -0.480 e. The van der Waals surface area contributed by atoms with Crippen LogP contribution in [0, 0.1) is 0 Å². The fourth-order valence-corrected chi connectivity index (χ4v) is 3.26. The van der Waals surface area contributed by atoms with E-state index in [1.807, 2.05) is 0 Å². The highest BCUT2D eigenvalue weighted by Gasteiger charge is 2.44. The molecule has 1 aliphatic heterocycles. The van der Waals surface area contributed by atoms with Gasteiger partial charge in [0.05, 0.1) is 0 Å². The number of hydrogen-bond acceptors (Lipinski definition) is 5. The van der Waals surface area contributed by atoms with Crippen molar-refractivity contribution in [3.05, 3.63) is 0 Å². The van der Waals surface area contributed by atoms with E-state index >= 15 is 0 Å². The predicted octanol–water partition coefficient (Wildman–Crippen LogP) is 1.03. The Morgan fingerprint density at radius 2 is 2.11 bits per heavy atom. The third kappa shape index (κ3) is 3.65. The normalized spacial score (nSPS) is 22.1. The van der Waals surface area contributed by atoms with Crippen LogP contribution in [0.15, 0.2) is 0 Å². The summed E-state index contributed by atoms with van der Waals surface area (Å²) in [4.78, 5) is 35.5. The van der Waals surface area contributed by atoms with Gasteiger partial charge in [-0.3, -0.25) is 9.59 Å². The molecular weight excluding hydrogens is 274 g/mol. The Balaban J connectivity index is 2.85. The van der Waals surface area contributed by atoms with Gasteiger partial charge in [0.25, 0.3) is 0 Å². The molecule has 0 aromatic rings. The van der Waals surface area contributed by atoms with Gasteiger partial charge < -0.3 is 10.0 Å². The van der Waals surface area contributed by atoms with E-state index in [9.17, 15) is 19.5 Å². The van der Waals surface area contributed by atoms with Crippen molar-refractivity contribution >= 4 is 41.4 Å². The summed E-state index contributed by atoms with van der Waals surface area (Å²) in [5.41, 5.74) is 0. The summed E-state index contributed by atoms with van der Waals surface area (Å²) in [6, 6.07) is -0.981. The van der Waals surface area contributed by atoms with E-state index in [-0.39, 0.29) is 29.2 Å². The molecular formula is C11H17NO4S2. The molecule has 1 rings (SSSR count). The molecule has 0 aromatic carbocycles. The molecule has 7 heteroatoms. The second kappa shape index (κ2) is 5.52. The lowest BCUT2D eigenvalue weighted by atomic mass is 10.0. The van der Waals surface area contributed by atoms with Gasteiger partial charge in [-0.15, -0.1) is 0 Å². The summed E-state index contributed by atoms with van der Waals surface area (Å²) < 4.78 is -0.836. The number of thioether (sulfide) groups is 1. The van der Waals surface area contributed by atoms with Crippen molar-refractivity contribution in [1.29, 1.82) is 0 Å². The molecule has 0 aromatic heterocycles. The summed E-state index contributed by atoms with van der Waals surface area (Å²) >= 11 is 5.35. The predicted molar refractivity (Wildman–Crippen MR) is 72.9 cm³/mol. The van der Waals surface area contributed by atoms with Gasteiger partial charge in [-0.05, 0) is 13.8 Å². The summed E-state index contributed by atoms with van der Waals surface area (Å²) in [5, 5.41) is 9.02. The molecule has 1 N–H and O–H groups in total. The number of carboxylic acid groups (broad SMARTS) is 1. The summed E-state index contributed by atoms with van der Waals surface area (Å²) in [6.45, 7) is 5.04. The SMILES string of the molecule is CC(=O)SC1CC(=O)N([C@H](C(=O)O)C(C)(C)S)C1. The molecule has 0 aliphatic carbocycles. The quantitative estimate of drug-likeness (QED) is 0.757. The van der Waals surface area contributed by atoms with Crippen molar-refractivity contribution in [3.63, 3.8) is 0 Å². The Kier molecular flexibility index (Phi) is 4.72. The van der Waals surface area contributed by atoms with Crippen LogP contribution in [0.25, 0.3) is 0 Å². The average molecular weight is 291 g/mol. The molecule has 1 fully saturated rings. The fraction of sp³-hybridized carbons (Fsp3) is 0.727. The van der Waals surface area contributed by atoms with Gasteiger partial charge in [-0.1, -0.05) is 11.8 Å². The van der Waals surface area contributed by atoms with E-state index in [0.717, 1.165) is 11.8 Å². The largest absolute Gasteiger partial charge is 0.480 e. The summed E-state index contributed by atoms with van der Waals surface area (Å²) in [6.07, 6.45) is 0.206. The number of thiol groups is 1. The standard InChI is InChI=1S/C11H17NO4S2/c1-6(13)18-7-4-8(14)12(5-7)9(10(15)16)11(2,3)17/h7,9,17H,4-5H2,1-3H3,(H,15,16)/t7?,9-/m1/s1. The summed E-state index contributed by atoms with van der Waals surface area (Å²) in [5.74, 6) is -1.31. The third-order valence-electron chi connectivity index (χ3n) is 2.67. The van der Waals surface area contributed by atoms with Crippen LogP contribution < -0.4 is 0 Å². The smallest absolute Gasteiger partial charge is 0.327 e. The number of nitrogens with zero attached hydrogens (tertiary/aromatic N) is 1. The highest BCUT2D eigenvalue weighted by atomic mass is 32.2. The van der Waals surface area contributed by atoms with E-state index in [2.05, 4.69) is 12.6 Å². The molecule has 0 bridgehead atoms. The molecule has 0 saturated carbocycles. The number of amides is 1. The second-order valence-electron chi connectivity index (χ2n) is 4.88. The second-order valence-corrected chi connectivity index (χ2v) is 7.51. The third-order valence-corrected chi connectivity index (χ3v) is 3.90.